The van der Waals surface area contributed by atoms with Crippen LogP contribution in [0.5, 0.6) is 0 Å². The highest BCUT2D eigenvalue weighted by Crippen LogP contribution is 2.39. The zero-order valence-corrected chi connectivity index (χ0v) is 21.2. The van der Waals surface area contributed by atoms with Gasteiger partial charge in [-0.2, -0.15) is 0 Å². The van der Waals surface area contributed by atoms with Crippen molar-refractivity contribution < 1.29 is 28.5 Å². The second-order valence-corrected chi connectivity index (χ2v) is 15.0. The first kappa shape index (κ1) is 25.6. The standard InChI is InChI=1S/C22H32N4O7Si/c1-22(2,3)34(4,5)33-18-10-17(11-24-13-19(27)23-20(24)28)25(12-18)21(29)32-14-15-6-8-16(9-7-15)26(30)31/h6-9,17-18H,10-14H2,1-5H3,(H,23,27,28)/t17-,18+/m0/s1. The first-order valence-corrected chi connectivity index (χ1v) is 14.1. The van der Waals surface area contributed by atoms with Gasteiger partial charge in [-0.3, -0.25) is 20.2 Å². The van der Waals surface area contributed by atoms with E-state index in [1.165, 1.54) is 29.2 Å². The van der Waals surface area contributed by atoms with Crippen molar-refractivity contribution in [2.24, 2.45) is 0 Å². The topological polar surface area (TPSA) is 131 Å². The summed E-state index contributed by atoms with van der Waals surface area (Å²) in [4.78, 5) is 49.9. The lowest BCUT2D eigenvalue weighted by Crippen LogP contribution is -2.45. The van der Waals surface area contributed by atoms with Crippen LogP contribution < -0.4 is 5.32 Å². The van der Waals surface area contributed by atoms with Gasteiger partial charge in [-0.1, -0.05) is 20.8 Å². The van der Waals surface area contributed by atoms with Crippen molar-refractivity contribution in [2.45, 2.75) is 64.1 Å². The minimum absolute atomic E-state index is 0.00635. The van der Waals surface area contributed by atoms with Crippen molar-refractivity contribution in [1.82, 2.24) is 15.1 Å². The fraction of sp³-hybridized carbons (Fsp3) is 0.591. The van der Waals surface area contributed by atoms with E-state index in [1.807, 2.05) is 0 Å². The van der Waals surface area contributed by atoms with Gasteiger partial charge in [0.1, 0.15) is 13.2 Å². The fourth-order valence-corrected chi connectivity index (χ4v) is 5.13. The van der Waals surface area contributed by atoms with Crippen LogP contribution in [0.1, 0.15) is 32.8 Å². The zero-order chi connectivity index (χ0) is 25.3. The van der Waals surface area contributed by atoms with Crippen molar-refractivity contribution in [3.05, 3.63) is 39.9 Å². The van der Waals surface area contributed by atoms with Crippen LogP contribution in [0.4, 0.5) is 15.3 Å². The second kappa shape index (κ2) is 9.70. The number of likely N-dealkylation sites (tertiary alicyclic amines) is 1. The van der Waals surface area contributed by atoms with Crippen molar-refractivity contribution >= 4 is 32.0 Å². The van der Waals surface area contributed by atoms with E-state index in [4.69, 9.17) is 9.16 Å². The maximum Gasteiger partial charge on any atom is 0.410 e. The molecule has 1 N–H and O–H groups in total. The molecule has 12 heteroatoms. The molecule has 186 valence electrons. The maximum atomic E-state index is 13.0. The highest BCUT2D eigenvalue weighted by atomic mass is 28.4. The molecular formula is C22H32N4O7Si. The van der Waals surface area contributed by atoms with E-state index in [9.17, 15) is 24.5 Å². The SMILES string of the molecule is CC(C)(C)[Si](C)(C)O[C@@H]1C[C@@H](CN2CC(=O)NC2=O)N(C(=O)OCc2ccc([N+](=O)[O-])cc2)C1. The average Bonchev–Trinajstić information content (AvgIpc) is 3.27. The summed E-state index contributed by atoms with van der Waals surface area (Å²) >= 11 is 0. The Balaban J connectivity index is 1.69. The molecule has 2 aliphatic rings. The van der Waals surface area contributed by atoms with Crippen LogP contribution in [0.15, 0.2) is 24.3 Å². The average molecular weight is 493 g/mol. The number of non-ortho nitro benzene ring substituents is 1. The lowest BCUT2D eigenvalue weighted by Gasteiger charge is -2.38. The van der Waals surface area contributed by atoms with E-state index in [-0.39, 0.29) is 48.5 Å². The number of carbonyl (C=O) groups is 3. The van der Waals surface area contributed by atoms with Gasteiger partial charge in [0.05, 0.1) is 17.1 Å². The van der Waals surface area contributed by atoms with Gasteiger partial charge in [-0.15, -0.1) is 0 Å². The van der Waals surface area contributed by atoms with Gasteiger partial charge in [0, 0.05) is 25.2 Å². The predicted molar refractivity (Wildman–Crippen MR) is 126 cm³/mol. The van der Waals surface area contributed by atoms with E-state index < -0.39 is 25.4 Å². The number of imide groups is 1. The number of hydrogen-bond acceptors (Lipinski definition) is 7. The summed E-state index contributed by atoms with van der Waals surface area (Å²) in [7, 11) is -2.10. The summed E-state index contributed by atoms with van der Waals surface area (Å²) < 4.78 is 12.0. The van der Waals surface area contributed by atoms with E-state index in [2.05, 4.69) is 39.2 Å². The van der Waals surface area contributed by atoms with Crippen LogP contribution in [0, 0.1) is 10.1 Å². The molecule has 2 atom stereocenters. The van der Waals surface area contributed by atoms with Gasteiger partial charge in [0.25, 0.3) is 5.69 Å². The third-order valence-corrected chi connectivity index (χ3v) is 11.2. The van der Waals surface area contributed by atoms with Crippen LogP contribution >= 0.6 is 0 Å². The quantitative estimate of drug-likeness (QED) is 0.267. The molecule has 0 aliphatic carbocycles. The van der Waals surface area contributed by atoms with Crippen molar-refractivity contribution in [3.63, 3.8) is 0 Å². The summed E-state index contributed by atoms with van der Waals surface area (Å²) in [5.74, 6) is -0.371. The number of amides is 4. The van der Waals surface area contributed by atoms with Crippen LogP contribution in [0.2, 0.25) is 18.1 Å². The Labute approximate surface area is 199 Å². The Kier molecular flexibility index (Phi) is 7.31. The molecule has 0 spiro atoms. The van der Waals surface area contributed by atoms with Gasteiger partial charge in [-0.25, -0.2) is 9.59 Å². The monoisotopic (exact) mass is 492 g/mol. The Morgan fingerprint density at radius 3 is 2.41 bits per heavy atom. The molecule has 34 heavy (non-hydrogen) atoms. The minimum atomic E-state index is -2.10. The van der Waals surface area contributed by atoms with Crippen LogP contribution in [-0.4, -0.2) is 72.9 Å². The van der Waals surface area contributed by atoms with E-state index in [0.29, 0.717) is 18.5 Å². The minimum Gasteiger partial charge on any atom is -0.445 e. The number of nitrogens with one attached hydrogen (secondary N) is 1. The second-order valence-electron chi connectivity index (χ2n) is 10.3. The smallest absolute Gasteiger partial charge is 0.410 e. The molecule has 0 radical (unpaired) electrons. The number of ether oxygens (including phenoxy) is 1. The fourth-order valence-electron chi connectivity index (χ4n) is 3.78. The van der Waals surface area contributed by atoms with E-state index in [0.717, 1.165) is 0 Å². The summed E-state index contributed by atoms with van der Waals surface area (Å²) in [5.41, 5.74) is 0.576. The highest BCUT2D eigenvalue weighted by molar-refractivity contribution is 6.74. The number of benzene rings is 1. The number of nitro groups is 1. The normalized spacial score (nSPS) is 21.1. The molecule has 0 aromatic heterocycles. The Morgan fingerprint density at radius 1 is 1.24 bits per heavy atom. The number of rotatable bonds is 7. The Hall–Kier alpha value is -2.99. The molecule has 0 saturated carbocycles. The number of nitrogens with zero attached hydrogens (tertiary/aromatic N) is 3. The van der Waals surface area contributed by atoms with Crippen molar-refractivity contribution in [1.29, 1.82) is 0 Å². The third kappa shape index (κ3) is 5.92. The molecule has 11 nitrogen and oxygen atoms in total. The molecule has 1 aromatic rings. The Bertz CT molecular complexity index is 961. The zero-order valence-electron chi connectivity index (χ0n) is 20.2. The lowest BCUT2D eigenvalue weighted by atomic mass is 10.2. The maximum absolute atomic E-state index is 13.0. The summed E-state index contributed by atoms with van der Waals surface area (Å²) in [6.07, 6.45) is -0.244. The van der Waals surface area contributed by atoms with Gasteiger partial charge < -0.3 is 19.0 Å². The molecule has 0 unspecified atom stereocenters. The number of hydrogen-bond donors (Lipinski definition) is 1. The molecule has 2 fully saturated rings. The third-order valence-electron chi connectivity index (χ3n) is 6.69. The molecule has 3 rings (SSSR count). The van der Waals surface area contributed by atoms with Crippen molar-refractivity contribution in [2.75, 3.05) is 19.6 Å². The molecule has 1 aromatic carbocycles. The lowest BCUT2D eigenvalue weighted by molar-refractivity contribution is -0.384. The first-order chi connectivity index (χ1) is 15.8. The Morgan fingerprint density at radius 2 is 1.88 bits per heavy atom. The molecule has 0 bridgehead atoms. The van der Waals surface area contributed by atoms with Gasteiger partial charge in [0.2, 0.25) is 5.91 Å². The van der Waals surface area contributed by atoms with E-state index >= 15 is 0 Å². The predicted octanol–water partition coefficient (Wildman–Crippen LogP) is 3.25. The van der Waals surface area contributed by atoms with Crippen LogP contribution in [0.25, 0.3) is 0 Å². The molecule has 2 heterocycles. The molecule has 2 aliphatic heterocycles. The van der Waals surface area contributed by atoms with Gasteiger partial charge in [0.15, 0.2) is 8.32 Å². The molecular weight excluding hydrogens is 460 g/mol. The van der Waals surface area contributed by atoms with Crippen molar-refractivity contribution in [3.8, 4) is 0 Å². The van der Waals surface area contributed by atoms with Crippen LogP contribution in [-0.2, 0) is 20.6 Å². The number of nitro benzene ring substituents is 1. The summed E-state index contributed by atoms with van der Waals surface area (Å²) in [5, 5.41) is 13.1. The molecule has 2 saturated heterocycles. The number of urea groups is 1. The summed E-state index contributed by atoms with van der Waals surface area (Å²) in [6, 6.07) is 4.95. The van der Waals surface area contributed by atoms with Crippen LogP contribution in [0.3, 0.4) is 0 Å². The van der Waals surface area contributed by atoms with E-state index in [1.54, 1.807) is 4.90 Å². The molecule has 4 amide bonds. The summed E-state index contributed by atoms with van der Waals surface area (Å²) in [6.45, 7) is 11.1. The van der Waals surface area contributed by atoms with Gasteiger partial charge >= 0.3 is 12.1 Å². The van der Waals surface area contributed by atoms with Gasteiger partial charge in [-0.05, 0) is 42.2 Å². The highest BCUT2D eigenvalue weighted by Gasteiger charge is 2.45. The largest absolute Gasteiger partial charge is 0.445 e. The first-order valence-electron chi connectivity index (χ1n) is 11.2. The number of carbonyl (C=O) groups excluding carboxylic acids is 3.